The fraction of sp³-hybridized carbons (Fsp3) is 0.133. The standard InChI is InChI=1S/C30H26ClN3O2/c31-26-16-14-25(15-17-26)30(36)34-20-18-33(19-21-34)28-9-5-4-8-27(28)32-29(35)24-12-10-23(11-13-24)22-6-2-1-3-7-22/h1-17H,18-21H2,(H,32,35). The first-order valence-corrected chi connectivity index (χ1v) is 12.3. The van der Waals surface area contributed by atoms with Gasteiger partial charge >= 0.3 is 0 Å². The molecule has 1 fully saturated rings. The van der Waals surface area contributed by atoms with Gasteiger partial charge in [0.1, 0.15) is 0 Å². The van der Waals surface area contributed by atoms with Gasteiger partial charge in [-0.15, -0.1) is 0 Å². The lowest BCUT2D eigenvalue weighted by Gasteiger charge is -2.37. The van der Waals surface area contributed by atoms with Crippen LogP contribution < -0.4 is 10.2 Å². The van der Waals surface area contributed by atoms with Crippen LogP contribution in [0, 0.1) is 0 Å². The summed E-state index contributed by atoms with van der Waals surface area (Å²) in [5.41, 5.74) is 5.13. The first-order chi connectivity index (χ1) is 17.6. The average molecular weight is 496 g/mol. The van der Waals surface area contributed by atoms with Crippen LogP contribution in [-0.4, -0.2) is 42.9 Å². The number of nitrogens with one attached hydrogen (secondary N) is 1. The highest BCUT2D eigenvalue weighted by atomic mass is 35.5. The lowest BCUT2D eigenvalue weighted by molar-refractivity contribution is 0.0746. The van der Waals surface area contributed by atoms with Crippen LogP contribution >= 0.6 is 11.6 Å². The molecule has 0 aromatic heterocycles. The molecule has 6 heteroatoms. The number of para-hydroxylation sites is 2. The van der Waals surface area contributed by atoms with Gasteiger partial charge in [0.15, 0.2) is 0 Å². The van der Waals surface area contributed by atoms with Crippen molar-refractivity contribution in [3.8, 4) is 11.1 Å². The molecule has 0 aliphatic carbocycles. The lowest BCUT2D eigenvalue weighted by atomic mass is 10.0. The van der Waals surface area contributed by atoms with E-state index in [2.05, 4.69) is 10.2 Å². The Morgan fingerprint density at radius 2 is 1.22 bits per heavy atom. The number of piperazine rings is 1. The maximum absolute atomic E-state index is 13.0. The van der Waals surface area contributed by atoms with E-state index in [0.717, 1.165) is 22.5 Å². The van der Waals surface area contributed by atoms with E-state index in [1.165, 1.54) is 0 Å². The predicted octanol–water partition coefficient (Wildman–Crippen LogP) is 6.22. The van der Waals surface area contributed by atoms with Crippen molar-refractivity contribution in [2.45, 2.75) is 0 Å². The van der Waals surface area contributed by atoms with Crippen molar-refractivity contribution in [1.29, 1.82) is 0 Å². The maximum Gasteiger partial charge on any atom is 0.255 e. The molecule has 0 unspecified atom stereocenters. The molecular formula is C30H26ClN3O2. The Kier molecular flexibility index (Phi) is 7.01. The van der Waals surface area contributed by atoms with Crippen molar-refractivity contribution in [2.24, 2.45) is 0 Å². The number of anilines is 2. The van der Waals surface area contributed by atoms with Crippen LogP contribution in [-0.2, 0) is 0 Å². The monoisotopic (exact) mass is 495 g/mol. The summed E-state index contributed by atoms with van der Waals surface area (Å²) in [5.74, 6) is -0.148. The maximum atomic E-state index is 13.0. The van der Waals surface area contributed by atoms with Gasteiger partial charge in [-0.1, -0.05) is 66.2 Å². The Morgan fingerprint density at radius 3 is 1.92 bits per heavy atom. The number of carbonyl (C=O) groups excluding carboxylic acids is 2. The minimum absolute atomic E-state index is 0.00635. The molecule has 4 aromatic carbocycles. The van der Waals surface area contributed by atoms with Crippen LogP contribution in [0.4, 0.5) is 11.4 Å². The van der Waals surface area contributed by atoms with Gasteiger partial charge in [-0.2, -0.15) is 0 Å². The number of benzene rings is 4. The van der Waals surface area contributed by atoms with Gasteiger partial charge in [0.05, 0.1) is 11.4 Å². The highest BCUT2D eigenvalue weighted by Gasteiger charge is 2.24. The van der Waals surface area contributed by atoms with Crippen molar-refractivity contribution in [1.82, 2.24) is 4.90 Å². The van der Waals surface area contributed by atoms with Gasteiger partial charge < -0.3 is 15.1 Å². The summed E-state index contributed by atoms with van der Waals surface area (Å²) >= 11 is 5.95. The van der Waals surface area contributed by atoms with Crippen molar-refractivity contribution >= 4 is 34.8 Å². The van der Waals surface area contributed by atoms with Crippen molar-refractivity contribution < 1.29 is 9.59 Å². The van der Waals surface area contributed by atoms with E-state index in [9.17, 15) is 9.59 Å². The van der Waals surface area contributed by atoms with Crippen LogP contribution in [0.1, 0.15) is 20.7 Å². The Balaban J connectivity index is 1.24. The highest BCUT2D eigenvalue weighted by molar-refractivity contribution is 6.30. The first kappa shape index (κ1) is 23.6. The number of amides is 2. The minimum atomic E-state index is -0.154. The quantitative estimate of drug-likeness (QED) is 0.357. The molecule has 1 N–H and O–H groups in total. The number of nitrogens with zero attached hydrogens (tertiary/aromatic N) is 2. The van der Waals surface area contributed by atoms with Crippen LogP contribution in [0.25, 0.3) is 11.1 Å². The Morgan fingerprint density at radius 1 is 0.639 bits per heavy atom. The summed E-state index contributed by atoms with van der Waals surface area (Å²) in [6.07, 6.45) is 0. The van der Waals surface area contributed by atoms with Gasteiger partial charge in [0.25, 0.3) is 11.8 Å². The van der Waals surface area contributed by atoms with E-state index >= 15 is 0 Å². The minimum Gasteiger partial charge on any atom is -0.366 e. The lowest BCUT2D eigenvalue weighted by Crippen LogP contribution is -2.49. The molecule has 5 nitrogen and oxygen atoms in total. The second-order valence-corrected chi connectivity index (χ2v) is 9.14. The summed E-state index contributed by atoms with van der Waals surface area (Å²) in [7, 11) is 0. The summed E-state index contributed by atoms with van der Waals surface area (Å²) < 4.78 is 0. The molecule has 1 heterocycles. The highest BCUT2D eigenvalue weighted by Crippen LogP contribution is 2.28. The van der Waals surface area contributed by atoms with E-state index in [0.29, 0.717) is 42.3 Å². The summed E-state index contributed by atoms with van der Waals surface area (Å²) in [6.45, 7) is 2.56. The van der Waals surface area contributed by atoms with Gasteiger partial charge in [-0.25, -0.2) is 0 Å². The molecule has 4 aromatic rings. The molecule has 1 aliphatic rings. The van der Waals surface area contributed by atoms with Crippen LogP contribution in [0.2, 0.25) is 5.02 Å². The number of rotatable bonds is 5. The van der Waals surface area contributed by atoms with Crippen molar-refractivity contribution in [3.05, 3.63) is 119 Å². The summed E-state index contributed by atoms with van der Waals surface area (Å²) in [6, 6.07) is 32.5. The van der Waals surface area contributed by atoms with Crippen LogP contribution in [0.3, 0.4) is 0 Å². The SMILES string of the molecule is O=C(Nc1ccccc1N1CCN(C(=O)c2ccc(Cl)cc2)CC1)c1ccc(-c2ccccc2)cc1. The second kappa shape index (κ2) is 10.7. The Bertz CT molecular complexity index is 1350. The third kappa shape index (κ3) is 5.26. The largest absolute Gasteiger partial charge is 0.366 e. The van der Waals surface area contributed by atoms with Gasteiger partial charge in [-0.05, 0) is 59.7 Å². The van der Waals surface area contributed by atoms with E-state index in [1.807, 2.05) is 83.8 Å². The zero-order valence-corrected chi connectivity index (χ0v) is 20.5. The van der Waals surface area contributed by atoms with Crippen molar-refractivity contribution in [2.75, 3.05) is 36.4 Å². The Labute approximate surface area is 215 Å². The molecule has 0 bridgehead atoms. The van der Waals surface area contributed by atoms with Crippen LogP contribution in [0.5, 0.6) is 0 Å². The molecule has 0 spiro atoms. The molecule has 2 amide bonds. The number of hydrogen-bond acceptors (Lipinski definition) is 3. The van der Waals surface area contributed by atoms with Crippen LogP contribution in [0.15, 0.2) is 103 Å². The predicted molar refractivity (Wildman–Crippen MR) is 146 cm³/mol. The van der Waals surface area contributed by atoms with E-state index in [4.69, 9.17) is 11.6 Å². The molecule has 180 valence electrons. The zero-order chi connectivity index (χ0) is 24.9. The van der Waals surface area contributed by atoms with E-state index in [1.54, 1.807) is 24.3 Å². The van der Waals surface area contributed by atoms with E-state index < -0.39 is 0 Å². The molecule has 1 saturated heterocycles. The summed E-state index contributed by atoms with van der Waals surface area (Å²) in [5, 5.41) is 3.69. The zero-order valence-electron chi connectivity index (χ0n) is 19.7. The molecule has 36 heavy (non-hydrogen) atoms. The number of carbonyl (C=O) groups is 2. The molecular weight excluding hydrogens is 470 g/mol. The normalized spacial score (nSPS) is 13.4. The smallest absolute Gasteiger partial charge is 0.255 e. The molecule has 0 radical (unpaired) electrons. The fourth-order valence-corrected chi connectivity index (χ4v) is 4.55. The first-order valence-electron chi connectivity index (χ1n) is 11.9. The average Bonchev–Trinajstić information content (AvgIpc) is 2.94. The van der Waals surface area contributed by atoms with Gasteiger partial charge in [0, 0.05) is 42.3 Å². The van der Waals surface area contributed by atoms with E-state index in [-0.39, 0.29) is 11.8 Å². The third-order valence-electron chi connectivity index (χ3n) is 6.41. The third-order valence-corrected chi connectivity index (χ3v) is 6.66. The second-order valence-electron chi connectivity index (χ2n) is 8.70. The number of hydrogen-bond donors (Lipinski definition) is 1. The summed E-state index contributed by atoms with van der Waals surface area (Å²) in [4.78, 5) is 29.9. The van der Waals surface area contributed by atoms with Crippen molar-refractivity contribution in [3.63, 3.8) is 0 Å². The number of halogens is 1. The molecule has 0 saturated carbocycles. The topological polar surface area (TPSA) is 52.7 Å². The molecule has 0 atom stereocenters. The molecule has 5 rings (SSSR count). The Hall–Kier alpha value is -4.09. The molecule has 1 aliphatic heterocycles. The van der Waals surface area contributed by atoms with Gasteiger partial charge in [-0.3, -0.25) is 9.59 Å². The fourth-order valence-electron chi connectivity index (χ4n) is 4.42. The van der Waals surface area contributed by atoms with Gasteiger partial charge in [0.2, 0.25) is 0 Å².